The van der Waals surface area contributed by atoms with Gasteiger partial charge in [0, 0.05) is 40.5 Å². The van der Waals surface area contributed by atoms with E-state index < -0.39 is 0 Å². The van der Waals surface area contributed by atoms with Crippen LogP contribution in [0.3, 0.4) is 0 Å². The molecule has 0 saturated carbocycles. The third kappa shape index (κ3) is 6.28. The van der Waals surface area contributed by atoms with Gasteiger partial charge in [0.05, 0.1) is 0 Å². The predicted molar refractivity (Wildman–Crippen MR) is 263 cm³/mol. The second-order valence-electron chi connectivity index (χ2n) is 16.5. The number of furan rings is 1. The summed E-state index contributed by atoms with van der Waals surface area (Å²) in [6.45, 7) is 1.43. The molecule has 1 aromatic heterocycles. The van der Waals surface area contributed by atoms with Crippen molar-refractivity contribution in [3.63, 3.8) is 0 Å². The van der Waals surface area contributed by atoms with Crippen molar-refractivity contribution in [1.82, 2.24) is 0 Å². The van der Waals surface area contributed by atoms with Crippen molar-refractivity contribution in [2.24, 2.45) is 0 Å². The number of rotatable bonds is 8. The zero-order valence-electron chi connectivity index (χ0n) is 34.1. The van der Waals surface area contributed by atoms with E-state index >= 15 is 0 Å². The first-order valence-corrected chi connectivity index (χ1v) is 21.5. The molecule has 12 rings (SSSR count). The van der Waals surface area contributed by atoms with E-state index in [9.17, 15) is 0 Å². The maximum Gasteiger partial charge on any atom is 0.143 e. The van der Waals surface area contributed by atoms with E-state index in [2.05, 4.69) is 229 Å². The largest absolute Gasteiger partial charge is 0.455 e. The van der Waals surface area contributed by atoms with Crippen LogP contribution >= 0.6 is 0 Å². The molecule has 0 aliphatic carbocycles. The van der Waals surface area contributed by atoms with Crippen LogP contribution in [0.15, 0.2) is 229 Å². The molecule has 0 aliphatic heterocycles. The quantitative estimate of drug-likeness (QED) is 0.143. The lowest BCUT2D eigenvalue weighted by Crippen LogP contribution is -2.22. The Bertz CT molecular complexity index is 3650. The maximum atomic E-state index is 6.87. The molecule has 0 spiro atoms. The van der Waals surface area contributed by atoms with Crippen molar-refractivity contribution >= 4 is 70.7 Å². The van der Waals surface area contributed by atoms with E-state index in [0.29, 0.717) is 6.54 Å². The van der Waals surface area contributed by atoms with Crippen LogP contribution < -0.4 is 4.90 Å². The Kier molecular flexibility index (Phi) is 8.67. The molecule has 2 heteroatoms. The topological polar surface area (TPSA) is 16.4 Å². The number of anilines is 1. The molecule has 0 aliphatic rings. The van der Waals surface area contributed by atoms with Gasteiger partial charge in [-0.1, -0.05) is 188 Å². The lowest BCUT2D eigenvalue weighted by molar-refractivity contribution is 0.673. The number of para-hydroxylation sites is 1. The summed E-state index contributed by atoms with van der Waals surface area (Å²) < 4.78 is 6.87. The van der Waals surface area contributed by atoms with Crippen molar-refractivity contribution in [1.29, 1.82) is 0 Å². The fraction of sp³-hybridized carbons (Fsp3) is 0.0333. The molecule has 62 heavy (non-hydrogen) atoms. The van der Waals surface area contributed by atoms with Gasteiger partial charge >= 0.3 is 0 Å². The second-order valence-corrected chi connectivity index (χ2v) is 16.5. The monoisotopic (exact) mass is 791 g/mol. The standard InChI is InChI=1S/C60H41NO/c1-2-16-45-36-46(28-27-41(45)14-1)44-19-11-13-40(35-44)38-61(49-32-29-43(30-33-49)58-37-47-17-4-6-20-50(47)53-23-9-10-24-54(53)58)39-48-18-5-7-21-51(48)55-25-12-26-56-57-34-31-42-15-3-8-22-52(42)59(57)62-60(55)56/h1-37H,38-39H2. The van der Waals surface area contributed by atoms with Crippen LogP contribution in [0.25, 0.3) is 98.4 Å². The molecule has 0 saturated heterocycles. The van der Waals surface area contributed by atoms with Crippen molar-refractivity contribution < 1.29 is 4.42 Å². The minimum atomic E-state index is 0.703. The smallest absolute Gasteiger partial charge is 0.143 e. The molecule has 292 valence electrons. The summed E-state index contributed by atoms with van der Waals surface area (Å²) in [5, 5.41) is 12.2. The molecule has 1 heterocycles. The summed E-state index contributed by atoms with van der Waals surface area (Å²) in [6, 6.07) is 81.8. The molecule has 0 bridgehead atoms. The SMILES string of the molecule is c1cc(CN(Cc2ccccc2-c2cccc3c2oc2c4ccccc4ccc32)c2ccc(-c3cc4ccccc4c4ccccc34)cc2)cc(-c2ccc3ccccc3c2)c1. The first-order valence-electron chi connectivity index (χ1n) is 21.5. The van der Waals surface area contributed by atoms with Crippen LogP contribution in [0.5, 0.6) is 0 Å². The van der Waals surface area contributed by atoms with Gasteiger partial charge in [-0.3, -0.25) is 0 Å². The second kappa shape index (κ2) is 15.0. The molecular weight excluding hydrogens is 751 g/mol. The van der Waals surface area contributed by atoms with Crippen LogP contribution in [-0.4, -0.2) is 0 Å². The fourth-order valence-corrected chi connectivity index (χ4v) is 9.69. The van der Waals surface area contributed by atoms with E-state index in [-0.39, 0.29) is 0 Å². The average molecular weight is 792 g/mol. The molecule has 0 amide bonds. The van der Waals surface area contributed by atoms with Gasteiger partial charge in [0.1, 0.15) is 11.2 Å². The minimum absolute atomic E-state index is 0.703. The van der Waals surface area contributed by atoms with Gasteiger partial charge in [-0.2, -0.15) is 0 Å². The predicted octanol–water partition coefficient (Wildman–Crippen LogP) is 16.4. The summed E-state index contributed by atoms with van der Waals surface area (Å²) in [7, 11) is 0. The zero-order valence-corrected chi connectivity index (χ0v) is 34.1. The molecule has 2 nitrogen and oxygen atoms in total. The lowest BCUT2D eigenvalue weighted by Gasteiger charge is -2.27. The van der Waals surface area contributed by atoms with E-state index in [0.717, 1.165) is 45.1 Å². The summed E-state index contributed by atoms with van der Waals surface area (Å²) in [5.41, 5.74) is 12.7. The lowest BCUT2D eigenvalue weighted by atomic mass is 9.93. The number of hydrogen-bond donors (Lipinski definition) is 0. The van der Waals surface area contributed by atoms with Crippen molar-refractivity contribution in [3.8, 4) is 33.4 Å². The average Bonchev–Trinajstić information content (AvgIpc) is 3.74. The Hall–Kier alpha value is -7.94. The summed E-state index contributed by atoms with van der Waals surface area (Å²) in [4.78, 5) is 2.52. The number of fused-ring (bicyclic) bond motifs is 9. The van der Waals surface area contributed by atoms with Crippen molar-refractivity contribution in [2.75, 3.05) is 4.90 Å². The number of hydrogen-bond acceptors (Lipinski definition) is 2. The first kappa shape index (κ1) is 36.0. The van der Waals surface area contributed by atoms with E-state index in [1.165, 1.54) is 76.6 Å². The third-order valence-corrected chi connectivity index (χ3v) is 12.8. The van der Waals surface area contributed by atoms with Gasteiger partial charge in [0.15, 0.2) is 0 Å². The van der Waals surface area contributed by atoms with Gasteiger partial charge in [0.25, 0.3) is 0 Å². The fourth-order valence-electron chi connectivity index (χ4n) is 9.69. The van der Waals surface area contributed by atoms with Crippen LogP contribution in [-0.2, 0) is 13.1 Å². The highest BCUT2D eigenvalue weighted by atomic mass is 16.3. The van der Waals surface area contributed by atoms with Crippen molar-refractivity contribution in [2.45, 2.75) is 13.1 Å². The molecule has 0 fully saturated rings. The molecule has 0 unspecified atom stereocenters. The molecule has 0 atom stereocenters. The third-order valence-electron chi connectivity index (χ3n) is 12.8. The Morgan fingerprint density at radius 1 is 0.306 bits per heavy atom. The summed E-state index contributed by atoms with van der Waals surface area (Å²) in [6.07, 6.45) is 0. The summed E-state index contributed by atoms with van der Waals surface area (Å²) in [5.74, 6) is 0. The summed E-state index contributed by atoms with van der Waals surface area (Å²) >= 11 is 0. The molecule has 0 radical (unpaired) electrons. The Labute approximate surface area is 360 Å². The molecule has 12 aromatic rings. The normalized spacial score (nSPS) is 11.7. The van der Waals surface area contributed by atoms with E-state index in [4.69, 9.17) is 4.42 Å². The minimum Gasteiger partial charge on any atom is -0.455 e. The van der Waals surface area contributed by atoms with Crippen molar-refractivity contribution in [3.05, 3.63) is 236 Å². The van der Waals surface area contributed by atoms with Gasteiger partial charge in [-0.15, -0.1) is 0 Å². The van der Waals surface area contributed by atoms with Gasteiger partial charge in [-0.05, 0) is 113 Å². The van der Waals surface area contributed by atoms with E-state index in [1.807, 2.05) is 0 Å². The Morgan fingerprint density at radius 2 is 0.919 bits per heavy atom. The van der Waals surface area contributed by atoms with Crippen LogP contribution in [0.2, 0.25) is 0 Å². The maximum absolute atomic E-state index is 6.87. The van der Waals surface area contributed by atoms with E-state index in [1.54, 1.807) is 0 Å². The van der Waals surface area contributed by atoms with Crippen LogP contribution in [0.4, 0.5) is 5.69 Å². The Balaban J connectivity index is 0.962. The number of nitrogens with zero attached hydrogens (tertiary/aromatic N) is 1. The van der Waals surface area contributed by atoms with Gasteiger partial charge in [-0.25, -0.2) is 0 Å². The molecule has 11 aromatic carbocycles. The highest BCUT2D eigenvalue weighted by Gasteiger charge is 2.19. The van der Waals surface area contributed by atoms with Gasteiger partial charge in [0.2, 0.25) is 0 Å². The van der Waals surface area contributed by atoms with Gasteiger partial charge < -0.3 is 9.32 Å². The first-order chi connectivity index (χ1) is 30.7. The highest BCUT2D eigenvalue weighted by molar-refractivity contribution is 6.17. The number of benzene rings is 11. The highest BCUT2D eigenvalue weighted by Crippen LogP contribution is 2.41. The van der Waals surface area contributed by atoms with Crippen LogP contribution in [0.1, 0.15) is 11.1 Å². The Morgan fingerprint density at radius 3 is 1.79 bits per heavy atom. The molecular formula is C60H41NO. The zero-order chi connectivity index (χ0) is 41.0. The van der Waals surface area contributed by atoms with Crippen LogP contribution in [0, 0.1) is 0 Å². The molecule has 0 N–H and O–H groups in total.